The first-order valence-corrected chi connectivity index (χ1v) is 22.2. The molecule has 7 nitrogen and oxygen atoms in total. The van der Waals surface area contributed by atoms with E-state index in [0.29, 0.717) is 19.4 Å². The molecule has 0 aliphatic heterocycles. The summed E-state index contributed by atoms with van der Waals surface area (Å²) in [5, 5.41) is 3.58. The van der Waals surface area contributed by atoms with Crippen LogP contribution in [0.4, 0.5) is 0 Å². The Morgan fingerprint density at radius 3 is 1.25 bits per heavy atom. The number of hydrogen-bond acceptors (Lipinski definition) is 6. The number of hydrogen-bond donors (Lipinski definition) is 2. The number of rotatable bonds is 37. The lowest BCUT2D eigenvalue weighted by Crippen LogP contribution is -2.18. The number of carbonyl (C=O) groups is 3. The second-order valence-corrected chi connectivity index (χ2v) is 14.3. The van der Waals surface area contributed by atoms with E-state index in [1.807, 2.05) is 13.8 Å². The van der Waals surface area contributed by atoms with Crippen LogP contribution in [0.5, 0.6) is 0 Å². The lowest BCUT2D eigenvalue weighted by Gasteiger charge is -2.18. The number of unbranched alkanes of at least 4 members (excludes halogenated alkanes) is 22. The van der Waals surface area contributed by atoms with Gasteiger partial charge in [-0.25, -0.2) is 0 Å². The maximum Gasteiger partial charge on any atom is 0.306 e. The molecule has 0 heterocycles. The third kappa shape index (κ3) is 52.8. The molecule has 0 spiro atoms. The largest absolute Gasteiger partial charge is 0.466 e. The molecule has 0 saturated carbocycles. The molecule has 0 aromatic carbocycles. The van der Waals surface area contributed by atoms with Crippen molar-refractivity contribution in [3.8, 4) is 0 Å². The Morgan fingerprint density at radius 1 is 0.490 bits per heavy atom. The average Bonchev–Trinajstić information content (AvgIpc) is 3.11. The summed E-state index contributed by atoms with van der Waals surface area (Å²) < 4.78 is 11.3. The van der Waals surface area contributed by atoms with Gasteiger partial charge in [0.15, 0.2) is 0 Å². The van der Waals surface area contributed by atoms with E-state index in [2.05, 4.69) is 31.8 Å². The highest BCUT2D eigenvalue weighted by molar-refractivity contribution is 5.70. The first-order valence-electron chi connectivity index (χ1n) is 22.2. The molecule has 0 bridgehead atoms. The Morgan fingerprint density at radius 2 is 0.824 bits per heavy atom. The maximum absolute atomic E-state index is 12.5. The molecule has 0 radical (unpaired) electrons. The van der Waals surface area contributed by atoms with E-state index in [4.69, 9.17) is 9.47 Å². The van der Waals surface area contributed by atoms with Gasteiger partial charge in [-0.15, -0.1) is 0 Å². The lowest BCUT2D eigenvalue weighted by molar-refractivity contribution is -0.150. The molecule has 1 atom stereocenters. The quantitative estimate of drug-likeness (QED) is 0.0487. The molecular weight excluding hydrogens is 636 g/mol. The smallest absolute Gasteiger partial charge is 0.306 e. The topological polar surface area (TPSA) is 108 Å². The summed E-state index contributed by atoms with van der Waals surface area (Å²) in [6.07, 6.45) is 36.3. The summed E-state index contributed by atoms with van der Waals surface area (Å²) in [6, 6.07) is 0. The SMILES string of the molecule is CC.CC(N)=O.CCCCCCCCOC(=O)CCCCCCCNCCCCCCCC(=O)OC(CCCCCCC)CCCCCCCC. The molecule has 51 heavy (non-hydrogen) atoms. The van der Waals surface area contributed by atoms with Crippen LogP contribution >= 0.6 is 0 Å². The van der Waals surface area contributed by atoms with Gasteiger partial charge in [-0.05, 0) is 70.9 Å². The fourth-order valence-electron chi connectivity index (χ4n) is 6.00. The molecule has 0 aromatic rings. The number of amides is 1. The van der Waals surface area contributed by atoms with Crippen LogP contribution in [0.3, 0.4) is 0 Å². The Balaban J connectivity index is -0.00000356. The van der Waals surface area contributed by atoms with E-state index in [-0.39, 0.29) is 23.9 Å². The number of nitrogens with two attached hydrogens (primary N) is 1. The van der Waals surface area contributed by atoms with Crippen LogP contribution in [-0.4, -0.2) is 43.6 Å². The zero-order valence-electron chi connectivity index (χ0n) is 35.2. The minimum Gasteiger partial charge on any atom is -0.466 e. The summed E-state index contributed by atoms with van der Waals surface area (Å²) in [6.45, 7) is 14.8. The third-order valence-electron chi connectivity index (χ3n) is 9.04. The highest BCUT2D eigenvalue weighted by Gasteiger charge is 2.14. The standard InChI is InChI=1S/C40H79NO4.C2H5NO.C2H6/c1-4-7-10-13-18-25-32-38(31-24-17-12-9-6-3)45-40(43)34-27-20-16-22-29-36-41-35-28-21-15-19-26-33-39(42)44-37-30-23-14-11-8-5-2;1-2(3)4;1-2/h38,41H,4-37H2,1-3H3;1H3,(H2,3,4);1-2H3. The number of carbonyl (C=O) groups excluding carboxylic acids is 3. The van der Waals surface area contributed by atoms with Crippen LogP contribution in [0.15, 0.2) is 0 Å². The number of primary amides is 1. The molecule has 0 aromatic heterocycles. The first-order chi connectivity index (χ1) is 24.9. The minimum absolute atomic E-state index is 0.0129. The van der Waals surface area contributed by atoms with Crippen molar-refractivity contribution in [2.45, 2.75) is 247 Å². The van der Waals surface area contributed by atoms with Gasteiger partial charge < -0.3 is 20.5 Å². The van der Waals surface area contributed by atoms with E-state index < -0.39 is 0 Å². The van der Waals surface area contributed by atoms with Gasteiger partial charge in [-0.3, -0.25) is 14.4 Å². The van der Waals surface area contributed by atoms with Crippen molar-refractivity contribution in [3.05, 3.63) is 0 Å². The van der Waals surface area contributed by atoms with E-state index in [9.17, 15) is 14.4 Å². The zero-order valence-corrected chi connectivity index (χ0v) is 35.2. The van der Waals surface area contributed by atoms with Gasteiger partial charge in [0.25, 0.3) is 0 Å². The first kappa shape index (κ1) is 53.7. The van der Waals surface area contributed by atoms with Crippen LogP contribution in [0.1, 0.15) is 241 Å². The van der Waals surface area contributed by atoms with Crippen molar-refractivity contribution >= 4 is 17.8 Å². The Bertz CT molecular complexity index is 699. The number of ether oxygens (including phenoxy) is 2. The molecule has 3 N–H and O–H groups in total. The van der Waals surface area contributed by atoms with E-state index in [1.165, 1.54) is 148 Å². The van der Waals surface area contributed by atoms with E-state index >= 15 is 0 Å². The van der Waals surface area contributed by atoms with Gasteiger partial charge in [0, 0.05) is 19.8 Å². The Kier molecular flexibility index (Phi) is 51.0. The summed E-state index contributed by atoms with van der Waals surface area (Å²) in [4.78, 5) is 33.6. The summed E-state index contributed by atoms with van der Waals surface area (Å²) in [5.41, 5.74) is 4.47. The zero-order chi connectivity index (χ0) is 38.5. The van der Waals surface area contributed by atoms with Crippen LogP contribution in [0, 0.1) is 0 Å². The molecular formula is C44H90N2O5. The fraction of sp³-hybridized carbons (Fsp3) is 0.932. The molecule has 306 valence electrons. The predicted octanol–water partition coefficient (Wildman–Crippen LogP) is 12.7. The summed E-state index contributed by atoms with van der Waals surface area (Å²) in [5.74, 6) is -0.314. The molecule has 0 saturated heterocycles. The van der Waals surface area contributed by atoms with Gasteiger partial charge in [0.05, 0.1) is 6.61 Å². The highest BCUT2D eigenvalue weighted by Crippen LogP contribution is 2.18. The second kappa shape index (κ2) is 48.4. The molecule has 0 aliphatic carbocycles. The predicted molar refractivity (Wildman–Crippen MR) is 220 cm³/mol. The van der Waals surface area contributed by atoms with Crippen molar-refractivity contribution < 1.29 is 23.9 Å². The number of nitrogens with one attached hydrogen (secondary N) is 1. The van der Waals surface area contributed by atoms with Gasteiger partial charge in [-0.1, -0.05) is 163 Å². The van der Waals surface area contributed by atoms with Crippen molar-refractivity contribution in [2.75, 3.05) is 19.7 Å². The van der Waals surface area contributed by atoms with Gasteiger partial charge >= 0.3 is 11.9 Å². The van der Waals surface area contributed by atoms with Gasteiger partial charge in [0.1, 0.15) is 6.10 Å². The number of esters is 2. The van der Waals surface area contributed by atoms with Crippen molar-refractivity contribution in [2.24, 2.45) is 5.73 Å². The molecule has 7 heteroatoms. The van der Waals surface area contributed by atoms with E-state index in [1.54, 1.807) is 0 Å². The summed E-state index contributed by atoms with van der Waals surface area (Å²) in [7, 11) is 0. The second-order valence-electron chi connectivity index (χ2n) is 14.3. The minimum atomic E-state index is -0.333. The van der Waals surface area contributed by atoms with Gasteiger partial charge in [-0.2, -0.15) is 0 Å². The fourth-order valence-corrected chi connectivity index (χ4v) is 6.00. The molecule has 0 fully saturated rings. The molecule has 1 unspecified atom stereocenters. The monoisotopic (exact) mass is 727 g/mol. The van der Waals surface area contributed by atoms with Crippen LogP contribution < -0.4 is 11.1 Å². The Hall–Kier alpha value is -1.63. The Labute approximate surface area is 318 Å². The lowest BCUT2D eigenvalue weighted by atomic mass is 10.0. The third-order valence-corrected chi connectivity index (χ3v) is 9.04. The van der Waals surface area contributed by atoms with Crippen LogP contribution in [0.2, 0.25) is 0 Å². The molecule has 1 amide bonds. The van der Waals surface area contributed by atoms with Crippen molar-refractivity contribution in [1.82, 2.24) is 5.32 Å². The van der Waals surface area contributed by atoms with E-state index in [0.717, 1.165) is 58.0 Å². The summed E-state index contributed by atoms with van der Waals surface area (Å²) >= 11 is 0. The molecule has 0 rings (SSSR count). The highest BCUT2D eigenvalue weighted by atomic mass is 16.5. The normalized spacial score (nSPS) is 11.2. The molecule has 0 aliphatic rings. The van der Waals surface area contributed by atoms with Crippen LogP contribution in [-0.2, 0) is 23.9 Å². The average molecular weight is 727 g/mol. The van der Waals surface area contributed by atoms with Crippen molar-refractivity contribution in [1.29, 1.82) is 0 Å². The van der Waals surface area contributed by atoms with Crippen molar-refractivity contribution in [3.63, 3.8) is 0 Å². The van der Waals surface area contributed by atoms with Gasteiger partial charge in [0.2, 0.25) is 5.91 Å². The maximum atomic E-state index is 12.5. The van der Waals surface area contributed by atoms with Crippen LogP contribution in [0.25, 0.3) is 0 Å².